The van der Waals surface area contributed by atoms with Gasteiger partial charge in [0.2, 0.25) is 0 Å². The zero-order valence-corrected chi connectivity index (χ0v) is 15.3. The van der Waals surface area contributed by atoms with Crippen LogP contribution < -0.4 is 0 Å². The van der Waals surface area contributed by atoms with Crippen molar-refractivity contribution in [2.45, 2.75) is 70.3 Å². The van der Waals surface area contributed by atoms with Gasteiger partial charge in [-0.15, -0.1) is 0 Å². The lowest BCUT2D eigenvalue weighted by Crippen LogP contribution is -2.35. The van der Waals surface area contributed by atoms with Crippen molar-refractivity contribution in [1.82, 2.24) is 14.9 Å². The first-order chi connectivity index (χ1) is 11.8. The topological polar surface area (TPSA) is 38.2 Å². The molecule has 2 fully saturated rings. The molecule has 0 aromatic carbocycles. The van der Waals surface area contributed by atoms with Gasteiger partial charge in [0.05, 0.1) is 0 Å². The third-order valence-electron chi connectivity index (χ3n) is 5.67. The Morgan fingerprint density at radius 2 is 1.88 bits per heavy atom. The summed E-state index contributed by atoms with van der Waals surface area (Å²) in [5.41, 5.74) is 1.27. The Hall–Kier alpha value is -1.00. The molecule has 1 atom stereocenters. The third-order valence-corrected chi connectivity index (χ3v) is 5.67. The third kappa shape index (κ3) is 5.25. The number of nitrogens with zero attached hydrogens (tertiary/aromatic N) is 3. The van der Waals surface area contributed by atoms with Crippen LogP contribution in [-0.4, -0.2) is 41.7 Å². The van der Waals surface area contributed by atoms with Crippen LogP contribution in [-0.2, 0) is 11.3 Å². The van der Waals surface area contributed by atoms with Gasteiger partial charge in [0.15, 0.2) is 0 Å². The minimum absolute atomic E-state index is 0.605. The van der Waals surface area contributed by atoms with E-state index in [2.05, 4.69) is 17.3 Å². The molecule has 1 saturated carbocycles. The van der Waals surface area contributed by atoms with Gasteiger partial charge in [-0.05, 0) is 51.0 Å². The van der Waals surface area contributed by atoms with E-state index in [1.165, 1.54) is 76.4 Å². The van der Waals surface area contributed by atoms with Gasteiger partial charge in [0, 0.05) is 50.7 Å². The average molecular weight is 332 g/mol. The summed E-state index contributed by atoms with van der Waals surface area (Å²) in [4.78, 5) is 12.0. The summed E-state index contributed by atoms with van der Waals surface area (Å²) in [6.07, 6.45) is 15.9. The van der Waals surface area contributed by atoms with E-state index in [1.807, 2.05) is 0 Å². The zero-order valence-electron chi connectivity index (χ0n) is 15.3. The first-order valence-electron chi connectivity index (χ1n) is 9.87. The van der Waals surface area contributed by atoms with E-state index in [0.717, 1.165) is 24.9 Å². The second kappa shape index (κ2) is 9.47. The minimum Gasteiger partial charge on any atom is -0.385 e. The Balaban J connectivity index is 1.48. The van der Waals surface area contributed by atoms with Crippen molar-refractivity contribution < 1.29 is 4.74 Å². The number of piperidine rings is 1. The first kappa shape index (κ1) is 17.8. The van der Waals surface area contributed by atoms with Gasteiger partial charge in [0.25, 0.3) is 0 Å². The highest BCUT2D eigenvalue weighted by Gasteiger charge is 2.21. The molecule has 0 radical (unpaired) electrons. The molecule has 0 spiro atoms. The largest absolute Gasteiger partial charge is 0.385 e. The normalized spacial score (nSPS) is 23.5. The van der Waals surface area contributed by atoms with E-state index in [4.69, 9.17) is 14.7 Å². The maximum atomic E-state index is 5.19. The number of rotatable bonds is 7. The lowest BCUT2D eigenvalue weighted by molar-refractivity contribution is 0.142. The molecule has 3 rings (SSSR count). The van der Waals surface area contributed by atoms with Crippen LogP contribution >= 0.6 is 0 Å². The lowest BCUT2D eigenvalue weighted by atomic mass is 9.89. The van der Waals surface area contributed by atoms with Crippen molar-refractivity contribution in [3.8, 4) is 0 Å². The van der Waals surface area contributed by atoms with Gasteiger partial charge in [-0.25, -0.2) is 9.97 Å². The molecule has 1 aliphatic heterocycles. The van der Waals surface area contributed by atoms with Crippen LogP contribution in [0.4, 0.5) is 0 Å². The minimum atomic E-state index is 0.605. The van der Waals surface area contributed by atoms with Gasteiger partial charge in [0.1, 0.15) is 5.82 Å². The van der Waals surface area contributed by atoms with E-state index in [0.29, 0.717) is 5.92 Å². The van der Waals surface area contributed by atoms with Crippen LogP contribution in [0.1, 0.15) is 75.1 Å². The molecule has 2 heterocycles. The van der Waals surface area contributed by atoms with Crippen LogP contribution in [0.5, 0.6) is 0 Å². The monoisotopic (exact) mass is 331 g/mol. The van der Waals surface area contributed by atoms with Crippen LogP contribution in [0, 0.1) is 5.92 Å². The molecule has 1 aliphatic carbocycles. The Bertz CT molecular complexity index is 470. The SMILES string of the molecule is COCCC[C@H]1CCCN(Cc2cnc(C3CCCCC3)nc2)C1. The quantitative estimate of drug-likeness (QED) is 0.703. The van der Waals surface area contributed by atoms with E-state index in [9.17, 15) is 0 Å². The van der Waals surface area contributed by atoms with E-state index in [-0.39, 0.29) is 0 Å². The molecule has 0 unspecified atom stereocenters. The molecule has 0 bridgehead atoms. The molecule has 24 heavy (non-hydrogen) atoms. The predicted molar refractivity (Wildman–Crippen MR) is 97.0 cm³/mol. The van der Waals surface area contributed by atoms with Crippen molar-refractivity contribution in [2.75, 3.05) is 26.8 Å². The van der Waals surface area contributed by atoms with E-state index < -0.39 is 0 Å². The lowest BCUT2D eigenvalue weighted by Gasteiger charge is -2.32. The maximum Gasteiger partial charge on any atom is 0.131 e. The predicted octanol–water partition coefficient (Wildman–Crippen LogP) is 4.16. The fourth-order valence-corrected chi connectivity index (χ4v) is 4.32. The highest BCUT2D eigenvalue weighted by atomic mass is 16.5. The summed E-state index contributed by atoms with van der Waals surface area (Å²) < 4.78 is 5.19. The Morgan fingerprint density at radius 3 is 2.62 bits per heavy atom. The zero-order chi connectivity index (χ0) is 16.6. The molecular weight excluding hydrogens is 298 g/mol. The molecule has 1 saturated heterocycles. The maximum absolute atomic E-state index is 5.19. The summed E-state index contributed by atoms with van der Waals surface area (Å²) in [7, 11) is 1.80. The number of ether oxygens (including phenoxy) is 1. The highest BCUT2D eigenvalue weighted by molar-refractivity contribution is 5.08. The molecule has 4 heteroatoms. The van der Waals surface area contributed by atoms with Gasteiger partial charge < -0.3 is 4.74 Å². The smallest absolute Gasteiger partial charge is 0.131 e. The molecule has 0 amide bonds. The summed E-state index contributed by atoms with van der Waals surface area (Å²) >= 11 is 0. The Morgan fingerprint density at radius 1 is 1.08 bits per heavy atom. The summed E-state index contributed by atoms with van der Waals surface area (Å²) in [5.74, 6) is 2.51. The van der Waals surface area contributed by atoms with Gasteiger partial charge in [-0.3, -0.25) is 4.90 Å². The number of methoxy groups -OCH3 is 1. The van der Waals surface area contributed by atoms with Crippen LogP contribution in [0.25, 0.3) is 0 Å². The summed E-state index contributed by atoms with van der Waals surface area (Å²) in [6.45, 7) is 4.33. The van der Waals surface area contributed by atoms with Crippen molar-refractivity contribution in [3.05, 3.63) is 23.8 Å². The van der Waals surface area contributed by atoms with Crippen molar-refractivity contribution in [1.29, 1.82) is 0 Å². The molecule has 0 N–H and O–H groups in total. The summed E-state index contributed by atoms with van der Waals surface area (Å²) in [5, 5.41) is 0. The van der Waals surface area contributed by atoms with Gasteiger partial charge in [-0.2, -0.15) is 0 Å². The second-order valence-corrected chi connectivity index (χ2v) is 7.66. The summed E-state index contributed by atoms with van der Waals surface area (Å²) in [6, 6.07) is 0. The van der Waals surface area contributed by atoms with Gasteiger partial charge in [-0.1, -0.05) is 19.3 Å². The first-order valence-corrected chi connectivity index (χ1v) is 9.87. The number of hydrogen-bond donors (Lipinski definition) is 0. The molecule has 4 nitrogen and oxygen atoms in total. The van der Waals surface area contributed by atoms with Crippen LogP contribution in [0.2, 0.25) is 0 Å². The number of aromatic nitrogens is 2. The second-order valence-electron chi connectivity index (χ2n) is 7.66. The number of hydrogen-bond acceptors (Lipinski definition) is 4. The molecular formula is C20H33N3O. The molecule has 134 valence electrons. The fourth-order valence-electron chi connectivity index (χ4n) is 4.32. The van der Waals surface area contributed by atoms with Gasteiger partial charge >= 0.3 is 0 Å². The van der Waals surface area contributed by atoms with E-state index >= 15 is 0 Å². The van der Waals surface area contributed by atoms with Crippen molar-refractivity contribution in [3.63, 3.8) is 0 Å². The Kier molecular flexibility index (Phi) is 7.03. The van der Waals surface area contributed by atoms with Crippen LogP contribution in [0.15, 0.2) is 12.4 Å². The van der Waals surface area contributed by atoms with Crippen LogP contribution in [0.3, 0.4) is 0 Å². The van der Waals surface area contributed by atoms with E-state index in [1.54, 1.807) is 7.11 Å². The highest BCUT2D eigenvalue weighted by Crippen LogP contribution is 2.30. The molecule has 1 aromatic rings. The number of likely N-dealkylation sites (tertiary alicyclic amines) is 1. The molecule has 2 aliphatic rings. The average Bonchev–Trinajstić information content (AvgIpc) is 2.64. The Labute approximate surface area is 147 Å². The van der Waals surface area contributed by atoms with Crippen molar-refractivity contribution >= 4 is 0 Å². The van der Waals surface area contributed by atoms with Crippen molar-refractivity contribution in [2.24, 2.45) is 5.92 Å². The standard InChI is InChI=1S/C20H33N3O/c1-24-12-6-8-17-7-5-11-23(15-17)16-18-13-21-20(22-14-18)19-9-3-2-4-10-19/h13-14,17,19H,2-12,15-16H2,1H3/t17-/m1/s1. The fraction of sp³-hybridized carbons (Fsp3) is 0.800. The molecule has 1 aromatic heterocycles.